The summed E-state index contributed by atoms with van der Waals surface area (Å²) in [6.45, 7) is 0. The number of nitrogens with zero attached hydrogens (tertiary/aromatic N) is 2. The molecular formula is C10H7ClN4. The van der Waals surface area contributed by atoms with Crippen molar-refractivity contribution in [3.05, 3.63) is 35.6 Å². The highest BCUT2D eigenvalue weighted by molar-refractivity contribution is 6.37. The Morgan fingerprint density at radius 2 is 2.00 bits per heavy atom. The summed E-state index contributed by atoms with van der Waals surface area (Å²) in [6.07, 6.45) is 3.45. The number of nitrogens with one attached hydrogen (secondary N) is 2. The lowest BCUT2D eigenvalue weighted by Gasteiger charge is -2.01. The van der Waals surface area contributed by atoms with Gasteiger partial charge in [0.1, 0.15) is 0 Å². The van der Waals surface area contributed by atoms with Crippen molar-refractivity contribution in [2.75, 3.05) is 0 Å². The first-order chi connectivity index (χ1) is 7.36. The Labute approximate surface area is 90.3 Å². The largest absolute Gasteiger partial charge is 0.278 e. The minimum absolute atomic E-state index is 0.661. The molecule has 0 amide bonds. The molecule has 2 aromatic heterocycles. The van der Waals surface area contributed by atoms with Gasteiger partial charge >= 0.3 is 0 Å². The molecule has 0 aliphatic carbocycles. The SMILES string of the molecule is Clc1c(-c2ccn[nH]2)ccc2cn[nH]c12. The van der Waals surface area contributed by atoms with Crippen molar-refractivity contribution in [2.24, 2.45) is 0 Å². The van der Waals surface area contributed by atoms with Gasteiger partial charge in [-0.15, -0.1) is 0 Å². The van der Waals surface area contributed by atoms with Gasteiger partial charge in [-0.2, -0.15) is 10.2 Å². The Balaban J connectivity index is 2.32. The van der Waals surface area contributed by atoms with Crippen LogP contribution in [-0.4, -0.2) is 20.4 Å². The number of rotatable bonds is 1. The molecule has 0 fully saturated rings. The van der Waals surface area contributed by atoms with Gasteiger partial charge in [0.15, 0.2) is 0 Å². The fraction of sp³-hybridized carbons (Fsp3) is 0. The first-order valence-corrected chi connectivity index (χ1v) is 4.85. The minimum atomic E-state index is 0.661. The number of hydrogen-bond acceptors (Lipinski definition) is 2. The molecule has 0 saturated carbocycles. The summed E-state index contributed by atoms with van der Waals surface area (Å²) in [6, 6.07) is 5.80. The molecule has 3 aromatic rings. The van der Waals surface area contributed by atoms with E-state index in [0.717, 1.165) is 22.2 Å². The van der Waals surface area contributed by atoms with Crippen molar-refractivity contribution in [3.8, 4) is 11.3 Å². The zero-order valence-electron chi connectivity index (χ0n) is 7.66. The molecule has 74 valence electrons. The van der Waals surface area contributed by atoms with Crippen LogP contribution in [0.1, 0.15) is 0 Å². The van der Waals surface area contributed by atoms with Crippen LogP contribution in [0, 0.1) is 0 Å². The fourth-order valence-electron chi connectivity index (χ4n) is 1.59. The van der Waals surface area contributed by atoms with Gasteiger partial charge in [-0.3, -0.25) is 10.2 Å². The lowest BCUT2D eigenvalue weighted by molar-refractivity contribution is 1.09. The van der Waals surface area contributed by atoms with E-state index in [1.165, 1.54) is 0 Å². The summed E-state index contributed by atoms with van der Waals surface area (Å²) in [5, 5.41) is 15.3. The van der Waals surface area contributed by atoms with Crippen LogP contribution < -0.4 is 0 Å². The maximum absolute atomic E-state index is 6.26. The van der Waals surface area contributed by atoms with E-state index in [1.54, 1.807) is 12.4 Å². The molecule has 5 heteroatoms. The molecule has 15 heavy (non-hydrogen) atoms. The highest BCUT2D eigenvalue weighted by Gasteiger charge is 2.09. The number of hydrogen-bond donors (Lipinski definition) is 2. The average molecular weight is 219 g/mol. The lowest BCUT2D eigenvalue weighted by Crippen LogP contribution is -1.81. The predicted molar refractivity (Wildman–Crippen MR) is 58.7 cm³/mol. The van der Waals surface area contributed by atoms with E-state index in [9.17, 15) is 0 Å². The lowest BCUT2D eigenvalue weighted by atomic mass is 10.1. The minimum Gasteiger partial charge on any atom is -0.278 e. The van der Waals surface area contributed by atoms with Crippen LogP contribution in [0.3, 0.4) is 0 Å². The molecule has 2 heterocycles. The second-order valence-corrected chi connectivity index (χ2v) is 3.61. The van der Waals surface area contributed by atoms with Gasteiger partial charge in [0, 0.05) is 17.1 Å². The Kier molecular flexibility index (Phi) is 1.76. The third kappa shape index (κ3) is 1.22. The molecular weight excluding hydrogens is 212 g/mol. The monoisotopic (exact) mass is 218 g/mol. The van der Waals surface area contributed by atoms with Gasteiger partial charge in [-0.25, -0.2) is 0 Å². The van der Waals surface area contributed by atoms with E-state index in [-0.39, 0.29) is 0 Å². The maximum Gasteiger partial charge on any atom is 0.0843 e. The Morgan fingerprint density at radius 1 is 1.07 bits per heavy atom. The second kappa shape index (κ2) is 3.10. The average Bonchev–Trinajstić information content (AvgIpc) is 2.87. The smallest absolute Gasteiger partial charge is 0.0843 e. The molecule has 1 aromatic carbocycles. The Hall–Kier alpha value is -1.81. The van der Waals surface area contributed by atoms with Crippen LogP contribution in [0.15, 0.2) is 30.6 Å². The van der Waals surface area contributed by atoms with Crippen LogP contribution in [-0.2, 0) is 0 Å². The highest BCUT2D eigenvalue weighted by Crippen LogP contribution is 2.31. The molecule has 0 saturated heterocycles. The second-order valence-electron chi connectivity index (χ2n) is 3.23. The van der Waals surface area contributed by atoms with E-state index in [2.05, 4.69) is 20.4 Å². The molecule has 0 atom stereocenters. The molecule has 0 spiro atoms. The normalized spacial score (nSPS) is 11.0. The summed E-state index contributed by atoms with van der Waals surface area (Å²) in [4.78, 5) is 0. The topological polar surface area (TPSA) is 57.4 Å². The van der Waals surface area contributed by atoms with Gasteiger partial charge < -0.3 is 0 Å². The summed E-state index contributed by atoms with van der Waals surface area (Å²) in [5.74, 6) is 0. The first kappa shape index (κ1) is 8.49. The van der Waals surface area contributed by atoms with E-state index in [0.29, 0.717) is 5.02 Å². The molecule has 0 bridgehead atoms. The molecule has 2 N–H and O–H groups in total. The fourth-order valence-corrected chi connectivity index (χ4v) is 1.91. The third-order valence-corrected chi connectivity index (χ3v) is 2.74. The van der Waals surface area contributed by atoms with Crippen LogP contribution in [0.2, 0.25) is 5.02 Å². The van der Waals surface area contributed by atoms with Gasteiger partial charge in [-0.1, -0.05) is 23.7 Å². The van der Waals surface area contributed by atoms with E-state index in [4.69, 9.17) is 11.6 Å². The van der Waals surface area contributed by atoms with Crippen LogP contribution in [0.25, 0.3) is 22.2 Å². The molecule has 0 unspecified atom stereocenters. The highest BCUT2D eigenvalue weighted by atomic mass is 35.5. The number of aromatic amines is 2. The predicted octanol–water partition coefficient (Wildman–Crippen LogP) is 2.61. The van der Waals surface area contributed by atoms with Crippen molar-refractivity contribution in [1.29, 1.82) is 0 Å². The van der Waals surface area contributed by atoms with Gasteiger partial charge in [0.05, 0.1) is 22.4 Å². The number of H-pyrrole nitrogens is 2. The summed E-state index contributed by atoms with van der Waals surface area (Å²) in [5.41, 5.74) is 2.67. The zero-order valence-corrected chi connectivity index (χ0v) is 8.42. The quantitative estimate of drug-likeness (QED) is 0.660. The van der Waals surface area contributed by atoms with Crippen molar-refractivity contribution in [2.45, 2.75) is 0 Å². The van der Waals surface area contributed by atoms with E-state index < -0.39 is 0 Å². The molecule has 3 rings (SSSR count). The van der Waals surface area contributed by atoms with Gasteiger partial charge in [0.25, 0.3) is 0 Å². The van der Waals surface area contributed by atoms with Gasteiger partial charge in [0.2, 0.25) is 0 Å². The number of fused-ring (bicyclic) bond motifs is 1. The van der Waals surface area contributed by atoms with E-state index >= 15 is 0 Å². The van der Waals surface area contributed by atoms with Crippen molar-refractivity contribution < 1.29 is 0 Å². The van der Waals surface area contributed by atoms with Gasteiger partial charge in [-0.05, 0) is 6.07 Å². The Bertz CT molecular complexity index is 597. The number of benzene rings is 1. The summed E-state index contributed by atoms with van der Waals surface area (Å²) >= 11 is 6.26. The number of aromatic nitrogens is 4. The third-order valence-electron chi connectivity index (χ3n) is 2.35. The molecule has 0 aliphatic rings. The Morgan fingerprint density at radius 3 is 2.80 bits per heavy atom. The van der Waals surface area contributed by atoms with Crippen LogP contribution in [0.5, 0.6) is 0 Å². The molecule has 0 aliphatic heterocycles. The summed E-state index contributed by atoms with van der Waals surface area (Å²) < 4.78 is 0. The summed E-state index contributed by atoms with van der Waals surface area (Å²) in [7, 11) is 0. The van der Waals surface area contributed by atoms with Crippen LogP contribution in [0.4, 0.5) is 0 Å². The molecule has 4 nitrogen and oxygen atoms in total. The van der Waals surface area contributed by atoms with Crippen LogP contribution >= 0.6 is 11.6 Å². The number of halogens is 1. The maximum atomic E-state index is 6.26. The van der Waals surface area contributed by atoms with Crippen molar-refractivity contribution in [1.82, 2.24) is 20.4 Å². The molecule has 0 radical (unpaired) electrons. The standard InChI is InChI=1S/C10H7ClN4/c11-9-7(8-3-4-12-14-8)2-1-6-5-13-15-10(6)9/h1-5H,(H,12,14)(H,13,15). The van der Waals surface area contributed by atoms with Crippen molar-refractivity contribution in [3.63, 3.8) is 0 Å². The van der Waals surface area contributed by atoms with Crippen molar-refractivity contribution >= 4 is 22.5 Å². The first-order valence-electron chi connectivity index (χ1n) is 4.47. The zero-order chi connectivity index (χ0) is 10.3. The van der Waals surface area contributed by atoms with E-state index in [1.807, 2.05) is 18.2 Å².